The highest BCUT2D eigenvalue weighted by atomic mass is 35.5. The quantitative estimate of drug-likeness (QED) is 0.201. The lowest BCUT2D eigenvalue weighted by Gasteiger charge is -2.17. The number of hydrogen-bond acceptors (Lipinski definition) is 6. The van der Waals surface area contributed by atoms with Gasteiger partial charge in [0.05, 0.1) is 18.7 Å². The highest BCUT2D eigenvalue weighted by Crippen LogP contribution is 2.56. The molecule has 3 aliphatic rings. The summed E-state index contributed by atoms with van der Waals surface area (Å²) in [4.78, 5) is 18.0. The normalized spacial score (nSPS) is 21.5. The zero-order chi connectivity index (χ0) is 29.1. The summed E-state index contributed by atoms with van der Waals surface area (Å²) in [5, 5.41) is 6.98. The Labute approximate surface area is 258 Å². The van der Waals surface area contributed by atoms with E-state index in [-0.39, 0.29) is 6.04 Å². The largest absolute Gasteiger partial charge is 0.489 e. The van der Waals surface area contributed by atoms with Crippen molar-refractivity contribution >= 4 is 51.7 Å². The van der Waals surface area contributed by atoms with Crippen molar-refractivity contribution in [1.82, 2.24) is 15.3 Å². The highest BCUT2D eigenvalue weighted by molar-refractivity contribution is 6.36. The van der Waals surface area contributed by atoms with Crippen LogP contribution in [0.5, 0.6) is 5.75 Å². The molecule has 3 unspecified atom stereocenters. The van der Waals surface area contributed by atoms with Crippen LogP contribution in [0.4, 0.5) is 0 Å². The summed E-state index contributed by atoms with van der Waals surface area (Å²) in [7, 11) is 3.20. The molecule has 7 nitrogen and oxygen atoms in total. The van der Waals surface area contributed by atoms with Crippen LogP contribution in [0.15, 0.2) is 65.9 Å². The molecule has 0 radical (unpaired) electrons. The fourth-order valence-electron chi connectivity index (χ4n) is 5.99. The molecule has 1 aliphatic heterocycles. The minimum absolute atomic E-state index is 0.288. The lowest BCUT2D eigenvalue weighted by molar-refractivity contribution is 0.0595. The van der Waals surface area contributed by atoms with Crippen molar-refractivity contribution in [3.8, 4) is 5.75 Å². The average molecular weight is 625 g/mol. The van der Waals surface area contributed by atoms with E-state index in [9.17, 15) is 4.79 Å². The summed E-state index contributed by atoms with van der Waals surface area (Å²) in [6.45, 7) is 0.324. The zero-order valence-corrected chi connectivity index (χ0v) is 25.3. The second kappa shape index (κ2) is 10.8. The monoisotopic (exact) mass is 623 g/mol. The number of fused-ring (bicyclic) bond motifs is 1. The second-order valence-electron chi connectivity index (χ2n) is 11.1. The Morgan fingerprint density at radius 2 is 1.83 bits per heavy atom. The molecular formula is C32H28Cl3N3O4. The highest BCUT2D eigenvalue weighted by Gasteiger charge is 2.42. The molecule has 2 heterocycles. The molecule has 216 valence electrons. The average Bonchev–Trinajstić information content (AvgIpc) is 3.91. The number of benzene rings is 3. The number of esters is 1. The van der Waals surface area contributed by atoms with E-state index >= 15 is 0 Å². The summed E-state index contributed by atoms with van der Waals surface area (Å²) >= 11 is 19.9. The lowest BCUT2D eigenvalue weighted by atomic mass is 9.98. The van der Waals surface area contributed by atoms with Gasteiger partial charge in [-0.25, -0.2) is 4.79 Å². The summed E-state index contributed by atoms with van der Waals surface area (Å²) in [6.07, 6.45) is 3.17. The van der Waals surface area contributed by atoms with Crippen molar-refractivity contribution in [3.05, 3.63) is 103 Å². The van der Waals surface area contributed by atoms with Crippen LogP contribution in [0.2, 0.25) is 15.1 Å². The van der Waals surface area contributed by atoms with Gasteiger partial charge in [0.15, 0.2) is 5.69 Å². The number of hydroxylamine groups is 1. The predicted octanol–water partition coefficient (Wildman–Crippen LogP) is 7.91. The molecule has 3 aromatic carbocycles. The minimum atomic E-state index is -0.438. The van der Waals surface area contributed by atoms with Gasteiger partial charge in [0.2, 0.25) is 0 Å². The summed E-state index contributed by atoms with van der Waals surface area (Å²) < 4.78 is 12.9. The molecule has 2 fully saturated rings. The lowest BCUT2D eigenvalue weighted by Crippen LogP contribution is -2.19. The number of rotatable bonds is 8. The molecule has 7 rings (SSSR count). The number of aryl methyl sites for hydroxylation is 1. The van der Waals surface area contributed by atoms with Gasteiger partial charge in [0, 0.05) is 44.6 Å². The van der Waals surface area contributed by atoms with E-state index in [1.165, 1.54) is 12.7 Å². The second-order valence-corrected chi connectivity index (χ2v) is 12.3. The number of allylic oxidation sites excluding steroid dienone is 1. The first-order valence-corrected chi connectivity index (χ1v) is 15.0. The molecule has 10 heteroatoms. The molecule has 0 bridgehead atoms. The molecule has 0 spiro atoms. The van der Waals surface area contributed by atoms with Gasteiger partial charge < -0.3 is 14.3 Å². The minimum Gasteiger partial charge on any atom is -0.489 e. The summed E-state index contributed by atoms with van der Waals surface area (Å²) in [6, 6.07) is 17.2. The molecule has 42 heavy (non-hydrogen) atoms. The maximum Gasteiger partial charge on any atom is 0.359 e. The standard InChI is InChI=1S/C32H28Cl3N3O4/c1-38-27-12-17(8-10-20(27)30(36-38)32(39)40-2)21-14-22(21)19-11-9-18(13-26(19)35)41-15-23-29(37-42-31(23)16-6-7-16)28-24(33)4-3-5-25(28)34/h3-5,8-13,16,21-22,29,37H,6-7,14-15H2,1-2H3. The van der Waals surface area contributed by atoms with Gasteiger partial charge in [-0.3, -0.25) is 4.68 Å². The van der Waals surface area contributed by atoms with Crippen LogP contribution in [0, 0.1) is 5.92 Å². The van der Waals surface area contributed by atoms with E-state index in [1.807, 2.05) is 43.4 Å². The van der Waals surface area contributed by atoms with Crippen molar-refractivity contribution in [2.75, 3.05) is 13.7 Å². The number of ether oxygens (including phenoxy) is 2. The van der Waals surface area contributed by atoms with Crippen LogP contribution >= 0.6 is 34.8 Å². The predicted molar refractivity (Wildman–Crippen MR) is 162 cm³/mol. The third kappa shape index (κ3) is 4.92. The zero-order valence-electron chi connectivity index (χ0n) is 23.0. The Kier molecular flexibility index (Phi) is 7.09. The first-order valence-electron chi connectivity index (χ1n) is 13.9. The van der Waals surface area contributed by atoms with Crippen LogP contribution in [-0.4, -0.2) is 29.5 Å². The van der Waals surface area contributed by atoms with E-state index in [2.05, 4.69) is 28.8 Å². The maximum absolute atomic E-state index is 12.1. The number of methoxy groups -OCH3 is 1. The number of nitrogens with one attached hydrogen (secondary N) is 1. The van der Waals surface area contributed by atoms with Gasteiger partial charge in [-0.1, -0.05) is 59.1 Å². The Bertz CT molecular complexity index is 1740. The Balaban J connectivity index is 1.08. The number of hydrogen-bond donors (Lipinski definition) is 1. The van der Waals surface area contributed by atoms with Crippen molar-refractivity contribution in [3.63, 3.8) is 0 Å². The number of aromatic nitrogens is 2. The van der Waals surface area contributed by atoms with Crippen molar-refractivity contribution in [2.24, 2.45) is 13.0 Å². The SMILES string of the molecule is COC(=O)c1nn(C)c2cc(C3CC3c3ccc(OCC4=C(C5CC5)ONC4c4c(Cl)cccc4Cl)cc3Cl)ccc12. The van der Waals surface area contributed by atoms with Crippen molar-refractivity contribution in [1.29, 1.82) is 0 Å². The smallest absolute Gasteiger partial charge is 0.359 e. The van der Waals surface area contributed by atoms with Gasteiger partial charge in [-0.05, 0) is 72.6 Å². The van der Waals surface area contributed by atoms with Gasteiger partial charge >= 0.3 is 5.97 Å². The van der Waals surface area contributed by atoms with E-state index in [0.717, 1.165) is 52.6 Å². The molecule has 1 aromatic heterocycles. The molecule has 4 aromatic rings. The Morgan fingerprint density at radius 3 is 2.55 bits per heavy atom. The first kappa shape index (κ1) is 27.6. The fourth-order valence-corrected chi connectivity index (χ4v) is 6.91. The maximum atomic E-state index is 12.1. The van der Waals surface area contributed by atoms with Gasteiger partial charge in [0.25, 0.3) is 0 Å². The van der Waals surface area contributed by atoms with Gasteiger partial charge in [0.1, 0.15) is 18.1 Å². The molecule has 0 amide bonds. The van der Waals surface area contributed by atoms with E-state index in [1.54, 1.807) is 4.68 Å². The number of nitrogens with zero attached hydrogens (tertiary/aromatic N) is 2. The number of carbonyl (C=O) groups is 1. The van der Waals surface area contributed by atoms with E-state index in [0.29, 0.717) is 50.9 Å². The van der Waals surface area contributed by atoms with Crippen molar-refractivity contribution in [2.45, 2.75) is 37.1 Å². The van der Waals surface area contributed by atoms with Crippen LogP contribution in [-0.2, 0) is 16.6 Å². The molecule has 1 N–H and O–H groups in total. The first-order chi connectivity index (χ1) is 20.3. The Morgan fingerprint density at radius 1 is 1.05 bits per heavy atom. The molecule has 2 aliphatic carbocycles. The van der Waals surface area contributed by atoms with Gasteiger partial charge in [-0.2, -0.15) is 5.10 Å². The summed E-state index contributed by atoms with van der Waals surface area (Å²) in [5.41, 5.74) is 8.42. The molecule has 3 atom stereocenters. The topological polar surface area (TPSA) is 74.6 Å². The summed E-state index contributed by atoms with van der Waals surface area (Å²) in [5.74, 6) is 2.20. The molecule has 0 saturated heterocycles. The van der Waals surface area contributed by atoms with Crippen LogP contribution in [0.25, 0.3) is 10.9 Å². The van der Waals surface area contributed by atoms with Crippen LogP contribution in [0.3, 0.4) is 0 Å². The van der Waals surface area contributed by atoms with E-state index < -0.39 is 5.97 Å². The number of halogens is 3. The molecular weight excluding hydrogens is 597 g/mol. The molecule has 2 saturated carbocycles. The van der Waals surface area contributed by atoms with Crippen LogP contribution < -0.4 is 10.2 Å². The van der Waals surface area contributed by atoms with Gasteiger partial charge in [-0.15, -0.1) is 5.48 Å². The fraction of sp³-hybridized carbons (Fsp3) is 0.312. The Hall–Kier alpha value is -3.23. The third-order valence-corrected chi connectivity index (χ3v) is 9.41. The van der Waals surface area contributed by atoms with Crippen LogP contribution in [0.1, 0.15) is 64.3 Å². The number of carbonyl (C=O) groups excluding carboxylic acids is 1. The van der Waals surface area contributed by atoms with Crippen molar-refractivity contribution < 1.29 is 19.1 Å². The third-order valence-electron chi connectivity index (χ3n) is 8.43. The van der Waals surface area contributed by atoms with E-state index in [4.69, 9.17) is 49.1 Å².